The van der Waals surface area contributed by atoms with Gasteiger partial charge in [0.2, 0.25) is 0 Å². The zero-order valence-electron chi connectivity index (χ0n) is 13.8. The number of carbonyl (C=O) groups excluding carboxylic acids is 1. The van der Waals surface area contributed by atoms with Crippen molar-refractivity contribution in [2.75, 3.05) is 23.3 Å². The summed E-state index contributed by atoms with van der Waals surface area (Å²) in [6.07, 6.45) is 4.49. The minimum Gasteiger partial charge on any atom is -0.381 e. The van der Waals surface area contributed by atoms with Crippen molar-refractivity contribution in [3.8, 4) is 0 Å². The van der Waals surface area contributed by atoms with Crippen LogP contribution in [0.3, 0.4) is 0 Å². The second kappa shape index (κ2) is 6.03. The van der Waals surface area contributed by atoms with Gasteiger partial charge in [0, 0.05) is 25.3 Å². The highest BCUT2D eigenvalue weighted by Gasteiger charge is 2.28. The van der Waals surface area contributed by atoms with Gasteiger partial charge in [0.1, 0.15) is 11.2 Å². The third-order valence-electron chi connectivity index (χ3n) is 4.21. The molecule has 1 unspecified atom stereocenters. The minimum atomic E-state index is -1.54. The molecule has 8 heteroatoms. The number of nitrogens with two attached hydrogens (primary N) is 1. The van der Waals surface area contributed by atoms with Crippen LogP contribution in [-0.4, -0.2) is 45.7 Å². The molecular formula is C16H22FN5O2. The van der Waals surface area contributed by atoms with Gasteiger partial charge in [-0.15, -0.1) is 0 Å². The van der Waals surface area contributed by atoms with E-state index in [9.17, 15) is 14.3 Å². The van der Waals surface area contributed by atoms with E-state index in [1.165, 1.54) is 13.8 Å². The highest BCUT2D eigenvalue weighted by Crippen LogP contribution is 2.35. The maximum Gasteiger partial charge on any atom is 0.255 e. The van der Waals surface area contributed by atoms with Crippen LogP contribution in [0.2, 0.25) is 0 Å². The maximum atomic E-state index is 14.5. The molecule has 0 aromatic carbocycles. The molecular weight excluding hydrogens is 313 g/mol. The molecule has 1 aliphatic rings. The number of nitrogens with zero attached hydrogens (tertiary/aromatic N) is 2. The summed E-state index contributed by atoms with van der Waals surface area (Å²) in [6, 6.07) is -0.0188. The van der Waals surface area contributed by atoms with E-state index in [4.69, 9.17) is 5.73 Å². The number of rotatable bonds is 3. The Morgan fingerprint density at radius 1 is 1.58 bits per heavy atom. The molecule has 7 nitrogen and oxygen atoms in total. The number of amides is 1. The van der Waals surface area contributed by atoms with Crippen molar-refractivity contribution in [2.45, 2.75) is 38.3 Å². The molecule has 0 spiro atoms. The second-order valence-electron chi connectivity index (χ2n) is 6.74. The topological polar surface area (TPSA) is 107 Å². The Balaban J connectivity index is 2.06. The van der Waals surface area contributed by atoms with E-state index < -0.39 is 17.3 Å². The van der Waals surface area contributed by atoms with E-state index in [1.54, 1.807) is 6.20 Å². The fraction of sp³-hybridized carbons (Fsp3) is 0.500. The van der Waals surface area contributed by atoms with Crippen LogP contribution in [0.4, 0.5) is 15.8 Å². The predicted octanol–water partition coefficient (Wildman–Crippen LogP) is 1.34. The van der Waals surface area contributed by atoms with Crippen molar-refractivity contribution >= 4 is 28.3 Å². The van der Waals surface area contributed by atoms with Crippen molar-refractivity contribution in [3.05, 3.63) is 18.2 Å². The quantitative estimate of drug-likeness (QED) is 0.677. The number of carbonyl (C=O) groups is 1. The molecule has 24 heavy (non-hydrogen) atoms. The van der Waals surface area contributed by atoms with Crippen LogP contribution in [0.5, 0.6) is 0 Å². The summed E-state index contributed by atoms with van der Waals surface area (Å²) in [4.78, 5) is 20.9. The van der Waals surface area contributed by atoms with Crippen molar-refractivity contribution < 1.29 is 14.3 Å². The molecule has 130 valence electrons. The lowest BCUT2D eigenvalue weighted by atomic mass is 10.0. The van der Waals surface area contributed by atoms with E-state index >= 15 is 0 Å². The van der Waals surface area contributed by atoms with Crippen molar-refractivity contribution in [1.29, 1.82) is 0 Å². The molecule has 2 aromatic rings. The summed E-state index contributed by atoms with van der Waals surface area (Å²) < 4.78 is 14.5. The number of pyridine rings is 1. The van der Waals surface area contributed by atoms with Crippen LogP contribution >= 0.6 is 0 Å². The van der Waals surface area contributed by atoms with Gasteiger partial charge in [-0.1, -0.05) is 0 Å². The first-order valence-corrected chi connectivity index (χ1v) is 7.97. The molecule has 1 saturated heterocycles. The van der Waals surface area contributed by atoms with E-state index in [0.29, 0.717) is 35.5 Å². The fourth-order valence-corrected chi connectivity index (χ4v) is 2.95. The standard InChI is InChI=1S/C16H22FN5O2/c1-16(2,24)15(23)21-11-7-20-14-12(11)13(10(17)6-19-14)22-5-3-4-9(18)8-22/h6-7,9,24H,3-5,8,18H2,1-2H3,(H,19,20)(H,21,23). The van der Waals surface area contributed by atoms with Gasteiger partial charge in [0.05, 0.1) is 23.0 Å². The summed E-state index contributed by atoms with van der Waals surface area (Å²) in [5, 5.41) is 13.0. The van der Waals surface area contributed by atoms with Gasteiger partial charge >= 0.3 is 0 Å². The molecule has 1 amide bonds. The highest BCUT2D eigenvalue weighted by molar-refractivity contribution is 6.08. The average Bonchev–Trinajstić information content (AvgIpc) is 2.89. The molecule has 0 bridgehead atoms. The van der Waals surface area contributed by atoms with Gasteiger partial charge in [-0.25, -0.2) is 9.37 Å². The smallest absolute Gasteiger partial charge is 0.255 e. The number of hydrogen-bond donors (Lipinski definition) is 4. The monoisotopic (exact) mass is 335 g/mol. The zero-order valence-corrected chi connectivity index (χ0v) is 13.8. The fourth-order valence-electron chi connectivity index (χ4n) is 2.95. The maximum absolute atomic E-state index is 14.5. The number of aromatic nitrogens is 2. The summed E-state index contributed by atoms with van der Waals surface area (Å²) >= 11 is 0. The van der Waals surface area contributed by atoms with Crippen molar-refractivity contribution in [2.24, 2.45) is 5.73 Å². The largest absolute Gasteiger partial charge is 0.381 e. The number of piperidine rings is 1. The first-order chi connectivity index (χ1) is 11.3. The number of anilines is 2. The van der Waals surface area contributed by atoms with Crippen molar-refractivity contribution in [1.82, 2.24) is 9.97 Å². The normalized spacial score (nSPS) is 18.9. The van der Waals surface area contributed by atoms with Crippen LogP contribution in [0.15, 0.2) is 12.4 Å². The van der Waals surface area contributed by atoms with Crippen LogP contribution in [0, 0.1) is 5.82 Å². The average molecular weight is 335 g/mol. The first-order valence-electron chi connectivity index (χ1n) is 7.97. The Hall–Kier alpha value is -2.19. The molecule has 2 aromatic heterocycles. The lowest BCUT2D eigenvalue weighted by Crippen LogP contribution is -2.43. The number of fused-ring (bicyclic) bond motifs is 1. The van der Waals surface area contributed by atoms with Gasteiger partial charge in [-0.3, -0.25) is 4.79 Å². The van der Waals surface area contributed by atoms with Gasteiger partial charge in [-0.2, -0.15) is 0 Å². The molecule has 1 aliphatic heterocycles. The van der Waals surface area contributed by atoms with E-state index in [1.807, 2.05) is 4.90 Å². The van der Waals surface area contributed by atoms with Gasteiger partial charge < -0.3 is 26.0 Å². The molecule has 3 heterocycles. The summed E-state index contributed by atoms with van der Waals surface area (Å²) in [6.45, 7) is 4.01. The molecule has 5 N–H and O–H groups in total. The SMILES string of the molecule is CC(C)(O)C(=O)Nc1c[nH]c2ncc(F)c(N3CCCC(N)C3)c12. The van der Waals surface area contributed by atoms with Crippen LogP contribution in [0.1, 0.15) is 26.7 Å². The van der Waals surface area contributed by atoms with E-state index in [2.05, 4.69) is 15.3 Å². The molecule has 1 fully saturated rings. The Morgan fingerprint density at radius 3 is 3.00 bits per heavy atom. The zero-order chi connectivity index (χ0) is 17.5. The molecule has 0 saturated carbocycles. The molecule has 0 radical (unpaired) electrons. The van der Waals surface area contributed by atoms with Crippen LogP contribution in [-0.2, 0) is 4.79 Å². The third kappa shape index (κ3) is 3.07. The number of aromatic amines is 1. The van der Waals surface area contributed by atoms with E-state index in [0.717, 1.165) is 19.0 Å². The van der Waals surface area contributed by atoms with Crippen LogP contribution < -0.4 is 16.0 Å². The van der Waals surface area contributed by atoms with Crippen LogP contribution in [0.25, 0.3) is 11.0 Å². The van der Waals surface area contributed by atoms with Crippen molar-refractivity contribution in [3.63, 3.8) is 0 Å². The number of hydrogen-bond acceptors (Lipinski definition) is 5. The third-order valence-corrected chi connectivity index (χ3v) is 4.21. The minimum absolute atomic E-state index is 0.0188. The lowest BCUT2D eigenvalue weighted by molar-refractivity contribution is -0.130. The second-order valence-corrected chi connectivity index (χ2v) is 6.74. The van der Waals surface area contributed by atoms with Gasteiger partial charge in [-0.05, 0) is 26.7 Å². The summed E-state index contributed by atoms with van der Waals surface area (Å²) in [5.41, 5.74) is 5.71. The van der Waals surface area contributed by atoms with E-state index in [-0.39, 0.29) is 6.04 Å². The predicted molar refractivity (Wildman–Crippen MR) is 90.4 cm³/mol. The lowest BCUT2D eigenvalue weighted by Gasteiger charge is -2.33. The summed E-state index contributed by atoms with van der Waals surface area (Å²) in [5.74, 6) is -1.04. The molecule has 1 atom stereocenters. The Bertz CT molecular complexity index is 768. The first kappa shape index (κ1) is 16.7. The number of aliphatic hydroxyl groups is 1. The number of halogens is 1. The van der Waals surface area contributed by atoms with Gasteiger partial charge in [0.25, 0.3) is 5.91 Å². The Kier molecular flexibility index (Phi) is 4.18. The Labute approximate surface area is 139 Å². The number of nitrogens with one attached hydrogen (secondary N) is 2. The number of H-pyrrole nitrogens is 1. The summed E-state index contributed by atoms with van der Waals surface area (Å²) in [7, 11) is 0. The molecule has 3 rings (SSSR count). The van der Waals surface area contributed by atoms with Gasteiger partial charge in [0.15, 0.2) is 5.82 Å². The Morgan fingerprint density at radius 2 is 2.33 bits per heavy atom. The molecule has 0 aliphatic carbocycles. The highest BCUT2D eigenvalue weighted by atomic mass is 19.1.